The molecule has 5 nitrogen and oxygen atoms in total. The van der Waals surface area contributed by atoms with Gasteiger partial charge in [0.25, 0.3) is 5.91 Å². The van der Waals surface area contributed by atoms with Gasteiger partial charge in [-0.15, -0.1) is 11.3 Å². The molecule has 1 atom stereocenters. The molecule has 24 heavy (non-hydrogen) atoms. The number of thiazole rings is 1. The van der Waals surface area contributed by atoms with E-state index < -0.39 is 0 Å². The Balaban J connectivity index is 1.80. The minimum absolute atomic E-state index is 0.129. The molecule has 124 valence electrons. The van der Waals surface area contributed by atoms with Gasteiger partial charge < -0.3 is 14.8 Å². The van der Waals surface area contributed by atoms with Gasteiger partial charge in [-0.2, -0.15) is 0 Å². The number of amides is 1. The molecule has 0 unspecified atom stereocenters. The summed E-state index contributed by atoms with van der Waals surface area (Å²) in [6.07, 6.45) is 0. The fraction of sp³-hybridized carbons (Fsp3) is 0.222. The second-order valence-corrected chi connectivity index (χ2v) is 6.22. The van der Waals surface area contributed by atoms with E-state index in [0.717, 1.165) is 15.8 Å². The van der Waals surface area contributed by atoms with Gasteiger partial charge in [-0.1, -0.05) is 0 Å². The summed E-state index contributed by atoms with van der Waals surface area (Å²) in [5, 5.41) is 3.01. The van der Waals surface area contributed by atoms with Crippen molar-refractivity contribution in [2.24, 2.45) is 0 Å². The minimum atomic E-state index is -0.199. The summed E-state index contributed by atoms with van der Waals surface area (Å²) >= 11 is 1.52. The van der Waals surface area contributed by atoms with Crippen LogP contribution in [0, 0.1) is 0 Å². The van der Waals surface area contributed by atoms with Crippen molar-refractivity contribution in [2.75, 3.05) is 14.2 Å². The van der Waals surface area contributed by atoms with Crippen LogP contribution in [-0.2, 0) is 0 Å². The lowest BCUT2D eigenvalue weighted by Crippen LogP contribution is -2.26. The largest absolute Gasteiger partial charge is 0.497 e. The van der Waals surface area contributed by atoms with Gasteiger partial charge in [0.1, 0.15) is 11.5 Å². The van der Waals surface area contributed by atoms with Crippen molar-refractivity contribution in [1.82, 2.24) is 10.3 Å². The van der Waals surface area contributed by atoms with Gasteiger partial charge in [-0.25, -0.2) is 4.98 Å². The molecule has 0 fully saturated rings. The zero-order valence-electron chi connectivity index (χ0n) is 13.7. The van der Waals surface area contributed by atoms with E-state index in [4.69, 9.17) is 9.47 Å². The molecule has 0 spiro atoms. The Hall–Kier alpha value is -2.60. The number of methoxy groups -OCH3 is 2. The van der Waals surface area contributed by atoms with E-state index in [2.05, 4.69) is 10.3 Å². The van der Waals surface area contributed by atoms with Crippen molar-refractivity contribution in [3.63, 3.8) is 0 Å². The van der Waals surface area contributed by atoms with E-state index in [1.54, 1.807) is 31.9 Å². The van der Waals surface area contributed by atoms with Gasteiger partial charge in [-0.3, -0.25) is 4.79 Å². The number of ether oxygens (including phenoxy) is 2. The number of fused-ring (bicyclic) bond motifs is 1. The monoisotopic (exact) mass is 342 g/mol. The Morgan fingerprint density at radius 3 is 2.75 bits per heavy atom. The first-order valence-corrected chi connectivity index (χ1v) is 8.36. The summed E-state index contributed by atoms with van der Waals surface area (Å²) in [6, 6.07) is 10.9. The minimum Gasteiger partial charge on any atom is -0.497 e. The van der Waals surface area contributed by atoms with Gasteiger partial charge in [0.05, 0.1) is 36.0 Å². The van der Waals surface area contributed by atoms with Crippen LogP contribution in [-0.4, -0.2) is 25.1 Å². The molecule has 0 radical (unpaired) electrons. The summed E-state index contributed by atoms with van der Waals surface area (Å²) in [5.41, 5.74) is 4.19. The van der Waals surface area contributed by atoms with Crippen LogP contribution in [0.4, 0.5) is 0 Å². The molecule has 0 saturated carbocycles. The molecule has 0 aliphatic heterocycles. The molecule has 3 rings (SSSR count). The van der Waals surface area contributed by atoms with Crippen LogP contribution in [0.15, 0.2) is 41.9 Å². The highest BCUT2D eigenvalue weighted by atomic mass is 32.1. The predicted octanol–water partition coefficient (Wildman–Crippen LogP) is 3.80. The third-order valence-corrected chi connectivity index (χ3v) is 4.64. The summed E-state index contributed by atoms with van der Waals surface area (Å²) in [6.45, 7) is 1.92. The van der Waals surface area contributed by atoms with Gasteiger partial charge in [0, 0.05) is 17.2 Å². The first-order chi connectivity index (χ1) is 11.6. The fourth-order valence-corrected chi connectivity index (χ4v) is 3.25. The highest BCUT2D eigenvalue weighted by molar-refractivity contribution is 7.16. The van der Waals surface area contributed by atoms with Crippen molar-refractivity contribution in [2.45, 2.75) is 13.0 Å². The lowest BCUT2D eigenvalue weighted by atomic mass is 10.1. The lowest BCUT2D eigenvalue weighted by Gasteiger charge is -2.18. The first kappa shape index (κ1) is 16.3. The van der Waals surface area contributed by atoms with Crippen LogP contribution in [0.2, 0.25) is 0 Å². The maximum Gasteiger partial charge on any atom is 0.251 e. The molecule has 1 amide bonds. The summed E-state index contributed by atoms with van der Waals surface area (Å²) < 4.78 is 11.6. The molecule has 0 saturated heterocycles. The van der Waals surface area contributed by atoms with Crippen LogP contribution < -0.4 is 14.8 Å². The Morgan fingerprint density at radius 2 is 2.00 bits per heavy atom. The average Bonchev–Trinajstić information content (AvgIpc) is 3.08. The number of carbonyl (C=O) groups is 1. The summed E-state index contributed by atoms with van der Waals surface area (Å²) in [4.78, 5) is 16.7. The highest BCUT2D eigenvalue weighted by Crippen LogP contribution is 2.29. The maximum absolute atomic E-state index is 12.5. The summed E-state index contributed by atoms with van der Waals surface area (Å²) in [5.74, 6) is 1.26. The van der Waals surface area contributed by atoms with E-state index in [1.165, 1.54) is 11.3 Å². The van der Waals surface area contributed by atoms with Crippen LogP contribution in [0.3, 0.4) is 0 Å². The van der Waals surface area contributed by atoms with E-state index in [-0.39, 0.29) is 11.9 Å². The standard InChI is InChI=1S/C18H18N2O3S/c1-11(14-6-5-13(22-2)9-16(14)23-3)20-18(21)12-4-7-15-17(8-12)24-10-19-15/h4-11H,1-3H3,(H,20,21)/t11-/m0/s1. The van der Waals surface area contributed by atoms with Crippen LogP contribution >= 0.6 is 11.3 Å². The topological polar surface area (TPSA) is 60.5 Å². The number of benzene rings is 2. The zero-order valence-corrected chi connectivity index (χ0v) is 14.5. The lowest BCUT2D eigenvalue weighted by molar-refractivity contribution is 0.0939. The van der Waals surface area contributed by atoms with E-state index in [0.29, 0.717) is 17.1 Å². The highest BCUT2D eigenvalue weighted by Gasteiger charge is 2.16. The molecular weight excluding hydrogens is 324 g/mol. The molecule has 2 aromatic carbocycles. The fourth-order valence-electron chi connectivity index (χ4n) is 2.53. The summed E-state index contributed by atoms with van der Waals surface area (Å²) in [7, 11) is 3.21. The third kappa shape index (κ3) is 3.19. The van der Waals surface area contributed by atoms with Gasteiger partial charge in [-0.05, 0) is 37.3 Å². The number of hydrogen-bond donors (Lipinski definition) is 1. The Morgan fingerprint density at radius 1 is 1.17 bits per heavy atom. The second-order valence-electron chi connectivity index (χ2n) is 5.34. The van der Waals surface area contributed by atoms with E-state index in [1.807, 2.05) is 31.2 Å². The first-order valence-electron chi connectivity index (χ1n) is 7.48. The second kappa shape index (κ2) is 6.88. The molecule has 0 bridgehead atoms. The third-order valence-electron chi connectivity index (χ3n) is 3.85. The Kier molecular flexibility index (Phi) is 4.66. The molecule has 0 aliphatic carbocycles. The molecule has 3 aromatic rings. The number of rotatable bonds is 5. The Labute approximate surface area is 144 Å². The molecule has 1 heterocycles. The van der Waals surface area contributed by atoms with Crippen LogP contribution in [0.1, 0.15) is 28.9 Å². The number of nitrogens with one attached hydrogen (secondary N) is 1. The molecule has 1 N–H and O–H groups in total. The van der Waals surface area contributed by atoms with Crippen molar-refractivity contribution < 1.29 is 14.3 Å². The number of aromatic nitrogens is 1. The van der Waals surface area contributed by atoms with Crippen LogP contribution in [0.5, 0.6) is 11.5 Å². The van der Waals surface area contributed by atoms with Crippen LogP contribution in [0.25, 0.3) is 10.2 Å². The van der Waals surface area contributed by atoms with E-state index >= 15 is 0 Å². The molecular formula is C18H18N2O3S. The quantitative estimate of drug-likeness (QED) is 0.766. The number of hydrogen-bond acceptors (Lipinski definition) is 5. The molecule has 6 heteroatoms. The predicted molar refractivity (Wildman–Crippen MR) is 95.0 cm³/mol. The van der Waals surface area contributed by atoms with Gasteiger partial charge in [0.2, 0.25) is 0 Å². The van der Waals surface area contributed by atoms with Crippen molar-refractivity contribution >= 4 is 27.5 Å². The SMILES string of the molecule is COc1ccc([C@H](C)NC(=O)c2ccc3ncsc3c2)c(OC)c1. The van der Waals surface area contributed by atoms with Crippen molar-refractivity contribution in [1.29, 1.82) is 0 Å². The maximum atomic E-state index is 12.5. The normalized spacial score (nSPS) is 12.0. The molecule has 1 aromatic heterocycles. The smallest absolute Gasteiger partial charge is 0.251 e. The van der Waals surface area contributed by atoms with E-state index in [9.17, 15) is 4.79 Å². The van der Waals surface area contributed by atoms with Gasteiger partial charge >= 0.3 is 0 Å². The number of carbonyl (C=O) groups excluding carboxylic acids is 1. The Bertz CT molecular complexity index is 876. The molecule has 0 aliphatic rings. The average molecular weight is 342 g/mol. The van der Waals surface area contributed by atoms with Crippen molar-refractivity contribution in [3.8, 4) is 11.5 Å². The number of nitrogens with zero attached hydrogens (tertiary/aromatic N) is 1. The van der Waals surface area contributed by atoms with Gasteiger partial charge in [0.15, 0.2) is 0 Å². The van der Waals surface area contributed by atoms with Crippen molar-refractivity contribution in [3.05, 3.63) is 53.0 Å². The zero-order chi connectivity index (χ0) is 17.1.